The fraction of sp³-hybridized carbons (Fsp3) is 0.133. The van der Waals surface area contributed by atoms with Crippen LogP contribution in [0.15, 0.2) is 36.4 Å². The van der Waals surface area contributed by atoms with E-state index in [-0.39, 0.29) is 5.56 Å². The van der Waals surface area contributed by atoms with Crippen LogP contribution in [-0.2, 0) is 0 Å². The van der Waals surface area contributed by atoms with Crippen LogP contribution in [0.2, 0.25) is 5.02 Å². The van der Waals surface area contributed by atoms with E-state index < -0.39 is 5.97 Å². The molecule has 2 aromatic rings. The smallest absolute Gasteiger partial charge is 0.337 e. The number of carbonyl (C=O) groups is 1. The number of rotatable bonds is 3. The molecule has 0 saturated heterocycles. The summed E-state index contributed by atoms with van der Waals surface area (Å²) in [5, 5.41) is 12.8. The summed E-state index contributed by atoms with van der Waals surface area (Å²) in [6.45, 7) is 4.01. The Morgan fingerprint density at radius 2 is 1.89 bits per heavy atom. The maximum atomic E-state index is 11.2. The highest BCUT2D eigenvalue weighted by Gasteiger charge is 2.11. The molecule has 0 aliphatic rings. The highest BCUT2D eigenvalue weighted by molar-refractivity contribution is 6.31. The third kappa shape index (κ3) is 2.88. The second-order valence-electron chi connectivity index (χ2n) is 4.37. The fourth-order valence-corrected chi connectivity index (χ4v) is 2.01. The number of carboxylic acids is 1. The van der Waals surface area contributed by atoms with Crippen molar-refractivity contribution in [2.45, 2.75) is 13.8 Å². The van der Waals surface area contributed by atoms with E-state index in [9.17, 15) is 9.90 Å². The van der Waals surface area contributed by atoms with Crippen molar-refractivity contribution in [3.63, 3.8) is 0 Å². The minimum absolute atomic E-state index is 0.161. The topological polar surface area (TPSA) is 49.3 Å². The predicted octanol–water partition coefficient (Wildman–Crippen LogP) is 4.40. The molecule has 0 bridgehead atoms. The molecule has 0 amide bonds. The van der Waals surface area contributed by atoms with Gasteiger partial charge in [-0.1, -0.05) is 23.7 Å². The van der Waals surface area contributed by atoms with Gasteiger partial charge in [-0.25, -0.2) is 4.79 Å². The number of hydrogen-bond donors (Lipinski definition) is 2. The van der Waals surface area contributed by atoms with Gasteiger partial charge in [0, 0.05) is 10.7 Å². The van der Waals surface area contributed by atoms with E-state index in [2.05, 4.69) is 5.32 Å². The van der Waals surface area contributed by atoms with E-state index >= 15 is 0 Å². The van der Waals surface area contributed by atoms with Gasteiger partial charge in [0.05, 0.1) is 11.3 Å². The normalized spacial score (nSPS) is 10.3. The molecule has 0 radical (unpaired) electrons. The number of benzene rings is 2. The summed E-state index contributed by atoms with van der Waals surface area (Å²) < 4.78 is 0. The number of aryl methyl sites for hydroxylation is 1. The highest BCUT2D eigenvalue weighted by Crippen LogP contribution is 2.27. The molecule has 0 fully saturated rings. The molecule has 0 aliphatic carbocycles. The molecule has 2 rings (SSSR count). The van der Waals surface area contributed by atoms with Crippen LogP contribution in [-0.4, -0.2) is 11.1 Å². The van der Waals surface area contributed by atoms with Crippen LogP contribution in [0.3, 0.4) is 0 Å². The second kappa shape index (κ2) is 5.33. The molecule has 98 valence electrons. The van der Waals surface area contributed by atoms with Crippen LogP contribution in [0.1, 0.15) is 21.5 Å². The Morgan fingerprint density at radius 3 is 2.58 bits per heavy atom. The average Bonchev–Trinajstić information content (AvgIpc) is 2.36. The zero-order valence-corrected chi connectivity index (χ0v) is 11.5. The van der Waals surface area contributed by atoms with Gasteiger partial charge in [-0.15, -0.1) is 0 Å². The number of aromatic carboxylic acids is 1. The van der Waals surface area contributed by atoms with Crippen molar-refractivity contribution in [1.29, 1.82) is 0 Å². The molecule has 4 heteroatoms. The molecule has 19 heavy (non-hydrogen) atoms. The molecule has 0 aromatic heterocycles. The van der Waals surface area contributed by atoms with Crippen molar-refractivity contribution in [2.24, 2.45) is 0 Å². The van der Waals surface area contributed by atoms with Gasteiger partial charge in [-0.05, 0) is 49.2 Å². The first kappa shape index (κ1) is 13.4. The van der Waals surface area contributed by atoms with Crippen LogP contribution >= 0.6 is 11.6 Å². The van der Waals surface area contributed by atoms with Crippen LogP contribution in [0.25, 0.3) is 0 Å². The summed E-state index contributed by atoms with van der Waals surface area (Å²) in [7, 11) is 0. The lowest BCUT2D eigenvalue weighted by atomic mass is 10.1. The van der Waals surface area contributed by atoms with Crippen molar-refractivity contribution in [2.75, 3.05) is 5.32 Å². The highest BCUT2D eigenvalue weighted by atomic mass is 35.5. The van der Waals surface area contributed by atoms with Crippen molar-refractivity contribution < 1.29 is 9.90 Å². The Morgan fingerprint density at radius 1 is 1.16 bits per heavy atom. The van der Waals surface area contributed by atoms with Gasteiger partial charge < -0.3 is 10.4 Å². The average molecular weight is 276 g/mol. The Bertz CT molecular complexity index is 638. The van der Waals surface area contributed by atoms with Crippen molar-refractivity contribution in [3.8, 4) is 0 Å². The molecule has 0 atom stereocenters. The van der Waals surface area contributed by atoms with E-state index in [0.29, 0.717) is 10.7 Å². The van der Waals surface area contributed by atoms with Crippen LogP contribution in [0, 0.1) is 13.8 Å². The molecule has 0 heterocycles. The van der Waals surface area contributed by atoms with Gasteiger partial charge in [0.2, 0.25) is 0 Å². The molecule has 0 saturated carbocycles. The Labute approximate surface area is 116 Å². The predicted molar refractivity (Wildman–Crippen MR) is 77.6 cm³/mol. The summed E-state index contributed by atoms with van der Waals surface area (Å²) in [4.78, 5) is 11.2. The van der Waals surface area contributed by atoms with Crippen LogP contribution in [0.4, 0.5) is 11.4 Å². The van der Waals surface area contributed by atoms with E-state index in [0.717, 1.165) is 16.8 Å². The van der Waals surface area contributed by atoms with E-state index in [1.807, 2.05) is 32.0 Å². The zero-order valence-electron chi connectivity index (χ0n) is 10.7. The van der Waals surface area contributed by atoms with Crippen LogP contribution in [0.5, 0.6) is 0 Å². The summed E-state index contributed by atoms with van der Waals surface area (Å²) in [6.07, 6.45) is 0. The Kier molecular flexibility index (Phi) is 3.76. The number of halogens is 1. The molecule has 3 nitrogen and oxygen atoms in total. The monoisotopic (exact) mass is 275 g/mol. The lowest BCUT2D eigenvalue weighted by Gasteiger charge is -2.13. The summed E-state index contributed by atoms with van der Waals surface area (Å²) >= 11 is 5.83. The summed E-state index contributed by atoms with van der Waals surface area (Å²) in [5.41, 5.74) is 3.83. The molecule has 0 aliphatic heterocycles. The number of nitrogens with one attached hydrogen (secondary N) is 1. The van der Waals surface area contributed by atoms with Gasteiger partial charge in [0.1, 0.15) is 0 Å². The first-order valence-corrected chi connectivity index (χ1v) is 6.23. The van der Waals surface area contributed by atoms with Crippen molar-refractivity contribution in [1.82, 2.24) is 0 Å². The molecular formula is C15H14ClNO2. The lowest BCUT2D eigenvalue weighted by molar-refractivity contribution is 0.0698. The molecule has 0 unspecified atom stereocenters. The van der Waals surface area contributed by atoms with Gasteiger partial charge in [0.15, 0.2) is 0 Å². The quantitative estimate of drug-likeness (QED) is 0.873. The largest absolute Gasteiger partial charge is 0.478 e. The molecule has 2 N–H and O–H groups in total. The van der Waals surface area contributed by atoms with Crippen LogP contribution < -0.4 is 5.32 Å². The Hall–Kier alpha value is -2.00. The number of hydrogen-bond acceptors (Lipinski definition) is 2. The van der Waals surface area contributed by atoms with Crippen molar-refractivity contribution >= 4 is 28.9 Å². The minimum Gasteiger partial charge on any atom is -0.478 e. The standard InChI is InChI=1S/C15H14ClNO2/c1-9-4-3-5-13(10(9)2)17-14-7-6-11(16)8-12(14)15(18)19/h3-8,17H,1-2H3,(H,18,19). The zero-order chi connectivity index (χ0) is 14.0. The second-order valence-corrected chi connectivity index (χ2v) is 4.80. The third-order valence-corrected chi connectivity index (χ3v) is 3.32. The first-order chi connectivity index (χ1) is 8.99. The maximum absolute atomic E-state index is 11.2. The molecular weight excluding hydrogens is 262 g/mol. The van der Waals surface area contributed by atoms with E-state index in [4.69, 9.17) is 11.6 Å². The maximum Gasteiger partial charge on any atom is 0.337 e. The Balaban J connectivity index is 2.44. The minimum atomic E-state index is -1.00. The van der Waals surface area contributed by atoms with Gasteiger partial charge in [-0.3, -0.25) is 0 Å². The van der Waals surface area contributed by atoms with Gasteiger partial charge >= 0.3 is 5.97 Å². The van der Waals surface area contributed by atoms with E-state index in [1.54, 1.807) is 12.1 Å². The summed E-state index contributed by atoms with van der Waals surface area (Å²) in [5.74, 6) is -1.00. The fourth-order valence-electron chi connectivity index (χ4n) is 1.83. The molecule has 2 aromatic carbocycles. The van der Waals surface area contributed by atoms with Gasteiger partial charge in [0.25, 0.3) is 0 Å². The van der Waals surface area contributed by atoms with Gasteiger partial charge in [-0.2, -0.15) is 0 Å². The first-order valence-electron chi connectivity index (χ1n) is 5.85. The molecule has 0 spiro atoms. The van der Waals surface area contributed by atoms with E-state index in [1.165, 1.54) is 6.07 Å². The van der Waals surface area contributed by atoms with Crippen molar-refractivity contribution in [3.05, 3.63) is 58.1 Å². The number of carboxylic acid groups (broad SMARTS) is 1. The third-order valence-electron chi connectivity index (χ3n) is 3.09. The summed E-state index contributed by atoms with van der Waals surface area (Å²) in [6, 6.07) is 10.6. The SMILES string of the molecule is Cc1cccc(Nc2ccc(Cl)cc2C(=O)O)c1C. The number of anilines is 2. The lowest BCUT2D eigenvalue weighted by Crippen LogP contribution is -2.03.